The minimum Gasteiger partial charge on any atom is -0.482 e. The van der Waals surface area contributed by atoms with E-state index in [4.69, 9.17) is 10.5 Å². The van der Waals surface area contributed by atoms with Crippen molar-refractivity contribution >= 4 is 5.91 Å². The fourth-order valence-corrected chi connectivity index (χ4v) is 2.41. The third-order valence-electron chi connectivity index (χ3n) is 3.86. The Kier molecular flexibility index (Phi) is 5.99. The summed E-state index contributed by atoms with van der Waals surface area (Å²) in [6.45, 7) is 3.87. The van der Waals surface area contributed by atoms with Crippen molar-refractivity contribution in [3.63, 3.8) is 0 Å². The van der Waals surface area contributed by atoms with Gasteiger partial charge in [-0.3, -0.25) is 9.78 Å². The molecule has 0 bridgehead atoms. The second-order valence-electron chi connectivity index (χ2n) is 5.59. The first-order chi connectivity index (χ1) is 10.2. The number of hydrogen-bond acceptors (Lipinski definition) is 4. The number of nitrogens with two attached hydrogens (primary N) is 1. The maximum atomic E-state index is 12.0. The summed E-state index contributed by atoms with van der Waals surface area (Å²) in [7, 11) is 0. The average Bonchev–Trinajstić information content (AvgIpc) is 2.54. The Balaban J connectivity index is 1.79. The number of likely N-dealkylation sites (tertiary alicyclic amines) is 1. The van der Waals surface area contributed by atoms with Crippen LogP contribution in [0, 0.1) is 0 Å². The smallest absolute Gasteiger partial charge is 0.260 e. The lowest BCUT2D eigenvalue weighted by Crippen LogP contribution is -2.38. The third-order valence-corrected chi connectivity index (χ3v) is 3.86. The van der Waals surface area contributed by atoms with Crippen molar-refractivity contribution in [1.29, 1.82) is 0 Å². The summed E-state index contributed by atoms with van der Waals surface area (Å²) in [6.07, 6.45) is 6.78. The fourth-order valence-electron chi connectivity index (χ4n) is 2.41. The molecule has 2 N–H and O–H groups in total. The van der Waals surface area contributed by atoms with Crippen molar-refractivity contribution in [3.05, 3.63) is 24.0 Å². The largest absolute Gasteiger partial charge is 0.482 e. The standard InChI is InChI=1S/C16H25N3O2/c1-2-13(17)10-14-6-7-15(11-18-14)21-12-16(20)19-8-4-3-5-9-19/h6-7,11,13H,2-5,8-10,12,17H2,1H3. The van der Waals surface area contributed by atoms with Crippen molar-refractivity contribution in [2.75, 3.05) is 19.7 Å². The maximum Gasteiger partial charge on any atom is 0.260 e. The van der Waals surface area contributed by atoms with Crippen LogP contribution < -0.4 is 10.5 Å². The molecule has 1 unspecified atom stereocenters. The Labute approximate surface area is 126 Å². The summed E-state index contributed by atoms with van der Waals surface area (Å²) < 4.78 is 5.52. The monoisotopic (exact) mass is 291 g/mol. The Morgan fingerprint density at radius 1 is 1.38 bits per heavy atom. The molecule has 0 saturated carbocycles. The molecule has 0 spiro atoms. The predicted octanol–water partition coefficient (Wildman–Crippen LogP) is 1.75. The van der Waals surface area contributed by atoms with E-state index in [1.54, 1.807) is 6.20 Å². The van der Waals surface area contributed by atoms with Gasteiger partial charge in [0, 0.05) is 31.2 Å². The lowest BCUT2D eigenvalue weighted by Gasteiger charge is -2.26. The van der Waals surface area contributed by atoms with Crippen molar-refractivity contribution < 1.29 is 9.53 Å². The van der Waals surface area contributed by atoms with Crippen LogP contribution in [0.4, 0.5) is 0 Å². The number of pyridine rings is 1. The molecule has 1 fully saturated rings. The minimum absolute atomic E-state index is 0.0618. The van der Waals surface area contributed by atoms with Gasteiger partial charge in [-0.1, -0.05) is 6.92 Å². The number of ether oxygens (including phenoxy) is 1. The van der Waals surface area contributed by atoms with Gasteiger partial charge in [-0.25, -0.2) is 0 Å². The number of hydrogen-bond donors (Lipinski definition) is 1. The summed E-state index contributed by atoms with van der Waals surface area (Å²) in [5.74, 6) is 0.695. The van der Waals surface area contributed by atoms with Gasteiger partial charge < -0.3 is 15.4 Å². The molecule has 1 saturated heterocycles. The van der Waals surface area contributed by atoms with Gasteiger partial charge in [-0.05, 0) is 37.8 Å². The van der Waals surface area contributed by atoms with Gasteiger partial charge in [0.05, 0.1) is 6.20 Å². The molecule has 5 nitrogen and oxygen atoms in total. The summed E-state index contributed by atoms with van der Waals surface area (Å²) in [4.78, 5) is 18.2. The zero-order valence-electron chi connectivity index (χ0n) is 12.8. The Bertz CT molecular complexity index is 441. The Hall–Kier alpha value is -1.62. The number of piperidine rings is 1. The molecular weight excluding hydrogens is 266 g/mol. The molecule has 0 radical (unpaired) electrons. The van der Waals surface area contributed by atoms with Gasteiger partial charge in [-0.15, -0.1) is 0 Å². The van der Waals surface area contributed by atoms with Crippen molar-refractivity contribution in [2.45, 2.75) is 45.1 Å². The van der Waals surface area contributed by atoms with E-state index < -0.39 is 0 Å². The van der Waals surface area contributed by atoms with Gasteiger partial charge in [0.1, 0.15) is 5.75 Å². The van der Waals surface area contributed by atoms with E-state index in [9.17, 15) is 4.79 Å². The molecule has 1 atom stereocenters. The molecule has 2 heterocycles. The first-order valence-electron chi connectivity index (χ1n) is 7.80. The number of rotatable bonds is 6. The van der Waals surface area contributed by atoms with Crippen LogP contribution >= 0.6 is 0 Å². The number of amides is 1. The molecule has 1 aliphatic heterocycles. The SMILES string of the molecule is CCC(N)Cc1ccc(OCC(=O)N2CCCCC2)cn1. The molecule has 1 aromatic heterocycles. The summed E-state index contributed by atoms with van der Waals surface area (Å²) >= 11 is 0. The fraction of sp³-hybridized carbons (Fsp3) is 0.625. The van der Waals surface area contributed by atoms with Crippen molar-refractivity contribution in [3.8, 4) is 5.75 Å². The summed E-state index contributed by atoms with van der Waals surface area (Å²) in [5.41, 5.74) is 6.86. The Morgan fingerprint density at radius 3 is 2.76 bits per heavy atom. The average molecular weight is 291 g/mol. The zero-order valence-corrected chi connectivity index (χ0v) is 12.8. The molecule has 21 heavy (non-hydrogen) atoms. The topological polar surface area (TPSA) is 68.5 Å². The minimum atomic E-state index is 0.0618. The van der Waals surface area contributed by atoms with E-state index in [0.717, 1.165) is 44.5 Å². The molecule has 116 valence electrons. The predicted molar refractivity (Wildman–Crippen MR) is 82.1 cm³/mol. The zero-order chi connectivity index (χ0) is 15.1. The quantitative estimate of drug-likeness (QED) is 0.867. The van der Waals surface area contributed by atoms with Crippen molar-refractivity contribution in [2.24, 2.45) is 5.73 Å². The van der Waals surface area contributed by atoms with Gasteiger partial charge >= 0.3 is 0 Å². The summed E-state index contributed by atoms with van der Waals surface area (Å²) in [6, 6.07) is 3.91. The normalized spacial score (nSPS) is 16.6. The molecule has 1 aromatic rings. The number of nitrogens with zero attached hydrogens (tertiary/aromatic N) is 2. The highest BCUT2D eigenvalue weighted by molar-refractivity contribution is 5.77. The molecule has 0 aromatic carbocycles. The highest BCUT2D eigenvalue weighted by Gasteiger charge is 2.16. The molecule has 1 aliphatic rings. The highest BCUT2D eigenvalue weighted by Crippen LogP contribution is 2.12. The van der Waals surface area contributed by atoms with Crippen LogP contribution in [0.3, 0.4) is 0 Å². The second kappa shape index (κ2) is 7.98. The van der Waals surface area contributed by atoms with Gasteiger partial charge in [0.15, 0.2) is 6.61 Å². The Morgan fingerprint density at radius 2 is 2.14 bits per heavy atom. The molecule has 5 heteroatoms. The van der Waals surface area contributed by atoms with E-state index in [2.05, 4.69) is 11.9 Å². The second-order valence-corrected chi connectivity index (χ2v) is 5.59. The lowest BCUT2D eigenvalue weighted by atomic mass is 10.1. The maximum absolute atomic E-state index is 12.0. The molecule has 0 aliphatic carbocycles. The van der Waals surface area contributed by atoms with Crippen LogP contribution in [0.15, 0.2) is 18.3 Å². The van der Waals surface area contributed by atoms with Gasteiger partial charge in [-0.2, -0.15) is 0 Å². The van der Waals surface area contributed by atoms with Gasteiger partial charge in [0.25, 0.3) is 5.91 Å². The van der Waals surface area contributed by atoms with Crippen LogP contribution in [0.25, 0.3) is 0 Å². The van der Waals surface area contributed by atoms with E-state index in [-0.39, 0.29) is 18.6 Å². The van der Waals surface area contributed by atoms with Crippen LogP contribution in [0.2, 0.25) is 0 Å². The van der Waals surface area contributed by atoms with Crippen LogP contribution in [-0.2, 0) is 11.2 Å². The summed E-state index contributed by atoms with van der Waals surface area (Å²) in [5, 5.41) is 0. The highest BCUT2D eigenvalue weighted by atomic mass is 16.5. The number of aromatic nitrogens is 1. The van der Waals surface area contributed by atoms with Crippen molar-refractivity contribution in [1.82, 2.24) is 9.88 Å². The van der Waals surface area contributed by atoms with E-state index >= 15 is 0 Å². The van der Waals surface area contributed by atoms with E-state index in [1.807, 2.05) is 17.0 Å². The number of carbonyl (C=O) groups excluding carboxylic acids is 1. The van der Waals surface area contributed by atoms with E-state index in [0.29, 0.717) is 5.75 Å². The third kappa shape index (κ3) is 5.01. The first kappa shape index (κ1) is 15.8. The van der Waals surface area contributed by atoms with Gasteiger partial charge in [0.2, 0.25) is 0 Å². The van der Waals surface area contributed by atoms with Crippen LogP contribution in [0.1, 0.15) is 38.3 Å². The van der Waals surface area contributed by atoms with E-state index in [1.165, 1.54) is 6.42 Å². The molecular formula is C16H25N3O2. The lowest BCUT2D eigenvalue weighted by molar-refractivity contribution is -0.134. The van der Waals surface area contributed by atoms with Crippen LogP contribution in [-0.4, -0.2) is 41.5 Å². The molecule has 2 rings (SSSR count). The first-order valence-corrected chi connectivity index (χ1v) is 7.80. The molecule has 1 amide bonds. The number of carbonyl (C=O) groups is 1. The van der Waals surface area contributed by atoms with Crippen LogP contribution in [0.5, 0.6) is 5.75 Å².